The van der Waals surface area contributed by atoms with Gasteiger partial charge in [-0.1, -0.05) is 13.0 Å². The van der Waals surface area contributed by atoms with E-state index in [0.29, 0.717) is 30.6 Å². The van der Waals surface area contributed by atoms with Crippen molar-refractivity contribution in [1.29, 1.82) is 0 Å². The molecule has 0 spiro atoms. The fraction of sp³-hybridized carbons (Fsp3) is 0.471. The standard InChI is InChI=1S/C17H22N2O4/c1-3-12(2)19(11-16(21)22)17(23)13-6-4-7-14(10-13)18-9-5-8-15(18)20/h4,6-7,10,12H,3,5,8-9,11H2,1-2H3,(H,21,22). The van der Waals surface area contributed by atoms with Gasteiger partial charge < -0.3 is 14.9 Å². The van der Waals surface area contributed by atoms with E-state index in [2.05, 4.69) is 0 Å². The van der Waals surface area contributed by atoms with E-state index in [9.17, 15) is 14.4 Å². The number of carboxylic acids is 1. The van der Waals surface area contributed by atoms with Gasteiger partial charge in [0.05, 0.1) is 0 Å². The van der Waals surface area contributed by atoms with Gasteiger partial charge in [-0.3, -0.25) is 14.4 Å². The summed E-state index contributed by atoms with van der Waals surface area (Å²) < 4.78 is 0. The lowest BCUT2D eigenvalue weighted by Gasteiger charge is -2.27. The van der Waals surface area contributed by atoms with Crippen molar-refractivity contribution < 1.29 is 19.5 Å². The molecule has 23 heavy (non-hydrogen) atoms. The summed E-state index contributed by atoms with van der Waals surface area (Å²) >= 11 is 0. The summed E-state index contributed by atoms with van der Waals surface area (Å²) in [5, 5.41) is 9.04. The number of carbonyl (C=O) groups is 3. The first kappa shape index (κ1) is 17.0. The number of benzene rings is 1. The van der Waals surface area contributed by atoms with Gasteiger partial charge in [0.15, 0.2) is 0 Å². The number of rotatable bonds is 6. The number of aliphatic carboxylic acids is 1. The van der Waals surface area contributed by atoms with Gasteiger partial charge in [-0.25, -0.2) is 0 Å². The molecule has 0 bridgehead atoms. The second-order valence-electron chi connectivity index (χ2n) is 5.78. The molecular weight excluding hydrogens is 296 g/mol. The Morgan fingerprint density at radius 3 is 2.70 bits per heavy atom. The van der Waals surface area contributed by atoms with E-state index in [1.807, 2.05) is 13.8 Å². The van der Waals surface area contributed by atoms with Crippen molar-refractivity contribution in [1.82, 2.24) is 4.90 Å². The highest BCUT2D eigenvalue weighted by Crippen LogP contribution is 2.23. The molecule has 1 aromatic rings. The Bertz CT molecular complexity index is 614. The average Bonchev–Trinajstić information content (AvgIpc) is 2.97. The minimum Gasteiger partial charge on any atom is -0.480 e. The normalized spacial score (nSPS) is 15.6. The van der Waals surface area contributed by atoms with Crippen LogP contribution in [-0.4, -0.2) is 46.9 Å². The van der Waals surface area contributed by atoms with Crippen LogP contribution in [0.4, 0.5) is 5.69 Å². The van der Waals surface area contributed by atoms with Crippen LogP contribution in [0.5, 0.6) is 0 Å². The van der Waals surface area contributed by atoms with E-state index in [-0.39, 0.29) is 24.4 Å². The van der Waals surface area contributed by atoms with Crippen LogP contribution in [0.2, 0.25) is 0 Å². The maximum absolute atomic E-state index is 12.7. The van der Waals surface area contributed by atoms with E-state index in [1.165, 1.54) is 4.90 Å². The van der Waals surface area contributed by atoms with Crippen molar-refractivity contribution in [2.24, 2.45) is 0 Å². The predicted molar refractivity (Wildman–Crippen MR) is 86.5 cm³/mol. The molecule has 6 nitrogen and oxygen atoms in total. The molecule has 1 unspecified atom stereocenters. The molecule has 1 N–H and O–H groups in total. The first-order valence-electron chi connectivity index (χ1n) is 7.87. The Morgan fingerprint density at radius 2 is 2.13 bits per heavy atom. The van der Waals surface area contributed by atoms with Crippen molar-refractivity contribution in [2.45, 2.75) is 39.2 Å². The minimum atomic E-state index is -1.04. The Balaban J connectivity index is 2.26. The summed E-state index contributed by atoms with van der Waals surface area (Å²) in [6, 6.07) is 6.68. The molecule has 124 valence electrons. The topological polar surface area (TPSA) is 77.9 Å². The van der Waals surface area contributed by atoms with Crippen LogP contribution in [0.15, 0.2) is 24.3 Å². The molecule has 0 aromatic heterocycles. The molecule has 6 heteroatoms. The first-order chi connectivity index (χ1) is 10.9. The van der Waals surface area contributed by atoms with Crippen LogP contribution >= 0.6 is 0 Å². The molecule has 1 heterocycles. The molecule has 1 saturated heterocycles. The molecule has 0 saturated carbocycles. The zero-order valence-corrected chi connectivity index (χ0v) is 13.5. The van der Waals surface area contributed by atoms with Gasteiger partial charge in [-0.05, 0) is 38.0 Å². The number of hydrogen-bond donors (Lipinski definition) is 1. The van der Waals surface area contributed by atoms with Crippen LogP contribution < -0.4 is 4.90 Å². The van der Waals surface area contributed by atoms with E-state index < -0.39 is 5.97 Å². The van der Waals surface area contributed by atoms with Crippen LogP contribution in [0.3, 0.4) is 0 Å². The van der Waals surface area contributed by atoms with Crippen molar-refractivity contribution in [3.05, 3.63) is 29.8 Å². The molecule has 1 fully saturated rings. The second kappa shape index (κ2) is 7.26. The highest BCUT2D eigenvalue weighted by Gasteiger charge is 2.25. The number of nitrogens with zero attached hydrogens (tertiary/aromatic N) is 2. The fourth-order valence-electron chi connectivity index (χ4n) is 2.69. The Hall–Kier alpha value is -2.37. The third kappa shape index (κ3) is 3.88. The average molecular weight is 318 g/mol. The Morgan fingerprint density at radius 1 is 1.39 bits per heavy atom. The molecule has 1 aliphatic rings. The molecule has 0 radical (unpaired) electrons. The summed E-state index contributed by atoms with van der Waals surface area (Å²) in [6.45, 7) is 4.06. The summed E-state index contributed by atoms with van der Waals surface area (Å²) in [6.07, 6.45) is 2.01. The molecule has 1 atom stereocenters. The largest absolute Gasteiger partial charge is 0.480 e. The molecule has 2 amide bonds. The van der Waals surface area contributed by atoms with E-state index in [4.69, 9.17) is 5.11 Å². The highest BCUT2D eigenvalue weighted by atomic mass is 16.4. The quantitative estimate of drug-likeness (QED) is 0.871. The smallest absolute Gasteiger partial charge is 0.323 e. The minimum absolute atomic E-state index is 0.0546. The lowest BCUT2D eigenvalue weighted by atomic mass is 10.1. The summed E-state index contributed by atoms with van der Waals surface area (Å²) in [5.41, 5.74) is 1.10. The maximum atomic E-state index is 12.7. The third-order valence-electron chi connectivity index (χ3n) is 4.17. The zero-order chi connectivity index (χ0) is 17.0. The van der Waals surface area contributed by atoms with Crippen molar-refractivity contribution in [3.8, 4) is 0 Å². The first-order valence-corrected chi connectivity index (χ1v) is 7.87. The van der Waals surface area contributed by atoms with E-state index in [0.717, 1.165) is 6.42 Å². The lowest BCUT2D eigenvalue weighted by molar-refractivity contribution is -0.138. The molecule has 2 rings (SSSR count). The van der Waals surface area contributed by atoms with Gasteiger partial charge in [0, 0.05) is 30.3 Å². The molecular formula is C17H22N2O4. The van der Waals surface area contributed by atoms with Crippen molar-refractivity contribution >= 4 is 23.5 Å². The molecule has 0 aliphatic carbocycles. The number of carboxylic acid groups (broad SMARTS) is 1. The van der Waals surface area contributed by atoms with Gasteiger partial charge in [0.25, 0.3) is 5.91 Å². The summed E-state index contributed by atoms with van der Waals surface area (Å²) in [5.74, 6) is -1.31. The highest BCUT2D eigenvalue weighted by molar-refractivity contribution is 5.99. The zero-order valence-electron chi connectivity index (χ0n) is 13.5. The molecule has 1 aromatic carbocycles. The number of amides is 2. The molecule has 1 aliphatic heterocycles. The van der Waals surface area contributed by atoms with Gasteiger partial charge >= 0.3 is 5.97 Å². The van der Waals surface area contributed by atoms with Gasteiger partial charge in [0.1, 0.15) is 6.54 Å². The van der Waals surface area contributed by atoms with Crippen molar-refractivity contribution in [3.63, 3.8) is 0 Å². The second-order valence-corrected chi connectivity index (χ2v) is 5.78. The Labute approximate surface area is 135 Å². The lowest BCUT2D eigenvalue weighted by Crippen LogP contribution is -2.41. The maximum Gasteiger partial charge on any atom is 0.323 e. The predicted octanol–water partition coefficient (Wildman–Crippen LogP) is 2.14. The van der Waals surface area contributed by atoms with Crippen LogP contribution in [0.25, 0.3) is 0 Å². The van der Waals surface area contributed by atoms with E-state index in [1.54, 1.807) is 29.2 Å². The van der Waals surface area contributed by atoms with Crippen LogP contribution in [0, 0.1) is 0 Å². The monoisotopic (exact) mass is 318 g/mol. The van der Waals surface area contributed by atoms with E-state index >= 15 is 0 Å². The number of hydrogen-bond acceptors (Lipinski definition) is 3. The number of carbonyl (C=O) groups excluding carboxylic acids is 2. The Kier molecular flexibility index (Phi) is 5.36. The van der Waals surface area contributed by atoms with Crippen LogP contribution in [0.1, 0.15) is 43.5 Å². The number of anilines is 1. The summed E-state index contributed by atoms with van der Waals surface area (Å²) in [4.78, 5) is 38.6. The van der Waals surface area contributed by atoms with Crippen LogP contribution in [-0.2, 0) is 9.59 Å². The third-order valence-corrected chi connectivity index (χ3v) is 4.17. The van der Waals surface area contributed by atoms with Gasteiger partial charge in [-0.15, -0.1) is 0 Å². The van der Waals surface area contributed by atoms with Crippen molar-refractivity contribution in [2.75, 3.05) is 18.0 Å². The summed E-state index contributed by atoms with van der Waals surface area (Å²) in [7, 11) is 0. The van der Waals surface area contributed by atoms with Gasteiger partial charge in [0.2, 0.25) is 5.91 Å². The fourth-order valence-corrected chi connectivity index (χ4v) is 2.69. The SMILES string of the molecule is CCC(C)N(CC(=O)O)C(=O)c1cccc(N2CCCC2=O)c1. The van der Waals surface area contributed by atoms with Gasteiger partial charge in [-0.2, -0.15) is 0 Å².